The standard InChI is InChI=1S/C26H28O3/c1-17-9-5-7-11-19(17)25-21(13-27-3)22(14-28-4)26(24-16-29-15-23(24)25)20-12-8-6-10-18(20)2/h5-12H,13-16H2,1-4H3. The summed E-state index contributed by atoms with van der Waals surface area (Å²) >= 11 is 0. The van der Waals surface area contributed by atoms with Crippen molar-refractivity contribution in [2.45, 2.75) is 40.3 Å². The lowest BCUT2D eigenvalue weighted by Crippen LogP contribution is -2.09. The van der Waals surface area contributed by atoms with E-state index in [4.69, 9.17) is 14.2 Å². The van der Waals surface area contributed by atoms with E-state index in [-0.39, 0.29) is 0 Å². The molecule has 150 valence electrons. The number of fused-ring (bicyclic) bond motifs is 1. The highest BCUT2D eigenvalue weighted by molar-refractivity contribution is 5.85. The smallest absolute Gasteiger partial charge is 0.0731 e. The molecule has 0 spiro atoms. The zero-order valence-corrected chi connectivity index (χ0v) is 17.7. The van der Waals surface area contributed by atoms with Crippen LogP contribution in [0.5, 0.6) is 0 Å². The summed E-state index contributed by atoms with van der Waals surface area (Å²) < 4.78 is 17.4. The highest BCUT2D eigenvalue weighted by atomic mass is 16.5. The van der Waals surface area contributed by atoms with Crippen LogP contribution < -0.4 is 0 Å². The third-order valence-electron chi connectivity index (χ3n) is 5.83. The molecule has 0 fully saturated rings. The fourth-order valence-corrected chi connectivity index (χ4v) is 4.51. The van der Waals surface area contributed by atoms with Crippen molar-refractivity contribution in [2.75, 3.05) is 14.2 Å². The summed E-state index contributed by atoms with van der Waals surface area (Å²) in [5.41, 5.74) is 12.5. The second-order valence-corrected chi connectivity index (χ2v) is 7.65. The van der Waals surface area contributed by atoms with Crippen LogP contribution in [0.2, 0.25) is 0 Å². The molecular weight excluding hydrogens is 360 g/mol. The Bertz CT molecular complexity index is 954. The van der Waals surface area contributed by atoms with Crippen LogP contribution in [0.3, 0.4) is 0 Å². The summed E-state index contributed by atoms with van der Waals surface area (Å²) in [6, 6.07) is 17.1. The average Bonchev–Trinajstić information content (AvgIpc) is 3.19. The van der Waals surface area contributed by atoms with E-state index in [1.807, 2.05) is 0 Å². The first-order chi connectivity index (χ1) is 14.2. The number of benzene rings is 3. The van der Waals surface area contributed by atoms with Crippen LogP contribution in [0.4, 0.5) is 0 Å². The van der Waals surface area contributed by atoms with E-state index >= 15 is 0 Å². The number of ether oxygens (including phenoxy) is 3. The summed E-state index contributed by atoms with van der Waals surface area (Å²) in [6.07, 6.45) is 0. The van der Waals surface area contributed by atoms with Gasteiger partial charge < -0.3 is 14.2 Å². The SMILES string of the molecule is COCc1c(COC)c(-c2ccccc2C)c2c(c1-c1ccccc1C)COC2. The fourth-order valence-electron chi connectivity index (χ4n) is 4.51. The van der Waals surface area contributed by atoms with Crippen LogP contribution >= 0.6 is 0 Å². The van der Waals surface area contributed by atoms with Gasteiger partial charge in [-0.15, -0.1) is 0 Å². The molecule has 0 saturated heterocycles. The predicted octanol–water partition coefficient (Wildman–Crippen LogP) is 5.96. The molecule has 3 aromatic rings. The molecule has 3 heteroatoms. The van der Waals surface area contributed by atoms with Crippen molar-refractivity contribution in [3.05, 3.63) is 81.9 Å². The lowest BCUT2D eigenvalue weighted by molar-refractivity contribution is 0.134. The second-order valence-electron chi connectivity index (χ2n) is 7.65. The Kier molecular flexibility index (Phi) is 5.81. The summed E-state index contributed by atoms with van der Waals surface area (Å²) in [5.74, 6) is 0. The number of aryl methyl sites for hydroxylation is 2. The van der Waals surface area contributed by atoms with Gasteiger partial charge in [0.2, 0.25) is 0 Å². The first-order valence-corrected chi connectivity index (χ1v) is 10.0. The van der Waals surface area contributed by atoms with Gasteiger partial charge in [-0.1, -0.05) is 48.5 Å². The Morgan fingerprint density at radius 2 is 1.10 bits per heavy atom. The number of rotatable bonds is 6. The van der Waals surface area contributed by atoms with Crippen LogP contribution in [0.25, 0.3) is 22.3 Å². The maximum absolute atomic E-state index is 6.00. The third-order valence-corrected chi connectivity index (χ3v) is 5.83. The van der Waals surface area contributed by atoms with Gasteiger partial charge in [0.1, 0.15) is 0 Å². The lowest BCUT2D eigenvalue weighted by atomic mass is 9.81. The minimum Gasteiger partial charge on any atom is -0.380 e. The van der Waals surface area contributed by atoms with Crippen LogP contribution in [-0.2, 0) is 40.6 Å². The Morgan fingerprint density at radius 3 is 1.48 bits per heavy atom. The molecule has 1 aliphatic heterocycles. The molecule has 0 bridgehead atoms. The lowest BCUT2D eigenvalue weighted by Gasteiger charge is -2.24. The molecule has 1 aliphatic rings. The molecule has 1 heterocycles. The van der Waals surface area contributed by atoms with E-state index in [0.717, 1.165) is 0 Å². The van der Waals surface area contributed by atoms with Crippen molar-refractivity contribution in [1.29, 1.82) is 0 Å². The zero-order chi connectivity index (χ0) is 20.4. The molecular formula is C26H28O3. The van der Waals surface area contributed by atoms with E-state index in [9.17, 15) is 0 Å². The van der Waals surface area contributed by atoms with E-state index in [0.29, 0.717) is 26.4 Å². The van der Waals surface area contributed by atoms with Gasteiger partial charge in [0.05, 0.1) is 26.4 Å². The van der Waals surface area contributed by atoms with Crippen molar-refractivity contribution >= 4 is 0 Å². The quantitative estimate of drug-likeness (QED) is 0.521. The van der Waals surface area contributed by atoms with Gasteiger partial charge >= 0.3 is 0 Å². The van der Waals surface area contributed by atoms with Gasteiger partial charge in [-0.05, 0) is 69.5 Å². The fraction of sp³-hybridized carbons (Fsp3) is 0.308. The zero-order valence-electron chi connectivity index (χ0n) is 17.7. The van der Waals surface area contributed by atoms with E-state index in [1.54, 1.807) is 14.2 Å². The highest BCUT2D eigenvalue weighted by Crippen LogP contribution is 2.45. The Hall–Kier alpha value is -2.46. The normalized spacial score (nSPS) is 13.0. The average molecular weight is 389 g/mol. The van der Waals surface area contributed by atoms with Crippen LogP contribution in [-0.4, -0.2) is 14.2 Å². The van der Waals surface area contributed by atoms with Gasteiger partial charge in [0, 0.05) is 14.2 Å². The Balaban J connectivity index is 2.12. The van der Waals surface area contributed by atoms with E-state index < -0.39 is 0 Å². The first-order valence-electron chi connectivity index (χ1n) is 10.0. The summed E-state index contributed by atoms with van der Waals surface area (Å²) in [4.78, 5) is 0. The Labute approximate surface area is 173 Å². The summed E-state index contributed by atoms with van der Waals surface area (Å²) in [7, 11) is 3.52. The molecule has 0 atom stereocenters. The van der Waals surface area contributed by atoms with Crippen molar-refractivity contribution in [1.82, 2.24) is 0 Å². The molecule has 0 radical (unpaired) electrons. The predicted molar refractivity (Wildman–Crippen MR) is 117 cm³/mol. The molecule has 4 rings (SSSR count). The van der Waals surface area contributed by atoms with Gasteiger partial charge in [0.15, 0.2) is 0 Å². The molecule has 0 aliphatic carbocycles. The van der Waals surface area contributed by atoms with Crippen molar-refractivity contribution in [3.63, 3.8) is 0 Å². The summed E-state index contributed by atoms with van der Waals surface area (Å²) in [6.45, 7) is 6.66. The molecule has 3 nitrogen and oxygen atoms in total. The van der Waals surface area contributed by atoms with E-state index in [1.165, 1.54) is 55.6 Å². The molecule has 3 aromatic carbocycles. The molecule has 0 amide bonds. The van der Waals surface area contributed by atoms with Gasteiger partial charge in [-0.3, -0.25) is 0 Å². The molecule has 0 unspecified atom stereocenters. The third kappa shape index (κ3) is 3.51. The van der Waals surface area contributed by atoms with Gasteiger partial charge in [-0.2, -0.15) is 0 Å². The molecule has 0 saturated carbocycles. The van der Waals surface area contributed by atoms with E-state index in [2.05, 4.69) is 62.4 Å². The highest BCUT2D eigenvalue weighted by Gasteiger charge is 2.29. The van der Waals surface area contributed by atoms with Crippen LogP contribution in [0, 0.1) is 13.8 Å². The number of hydrogen-bond acceptors (Lipinski definition) is 3. The van der Waals surface area contributed by atoms with Crippen molar-refractivity contribution < 1.29 is 14.2 Å². The maximum Gasteiger partial charge on any atom is 0.0731 e. The Morgan fingerprint density at radius 1 is 0.690 bits per heavy atom. The largest absolute Gasteiger partial charge is 0.380 e. The molecule has 29 heavy (non-hydrogen) atoms. The molecule has 0 aromatic heterocycles. The van der Waals surface area contributed by atoms with Crippen molar-refractivity contribution in [2.24, 2.45) is 0 Å². The van der Waals surface area contributed by atoms with Gasteiger partial charge in [0.25, 0.3) is 0 Å². The molecule has 0 N–H and O–H groups in total. The minimum atomic E-state index is 0.536. The topological polar surface area (TPSA) is 27.7 Å². The maximum atomic E-state index is 6.00. The second kappa shape index (κ2) is 8.50. The monoisotopic (exact) mass is 388 g/mol. The first kappa shape index (κ1) is 19.8. The number of hydrogen-bond donors (Lipinski definition) is 0. The summed E-state index contributed by atoms with van der Waals surface area (Å²) in [5, 5.41) is 0. The van der Waals surface area contributed by atoms with Gasteiger partial charge in [-0.25, -0.2) is 0 Å². The number of methoxy groups -OCH3 is 2. The minimum absolute atomic E-state index is 0.536. The van der Waals surface area contributed by atoms with Crippen LogP contribution in [0.15, 0.2) is 48.5 Å². The van der Waals surface area contributed by atoms with Crippen LogP contribution in [0.1, 0.15) is 33.4 Å². The van der Waals surface area contributed by atoms with Crippen molar-refractivity contribution in [3.8, 4) is 22.3 Å².